The lowest BCUT2D eigenvalue weighted by Crippen LogP contribution is -2.33. The van der Waals surface area contributed by atoms with Crippen molar-refractivity contribution in [2.24, 2.45) is 0 Å². The number of benzene rings is 2. The Morgan fingerprint density at radius 2 is 1.76 bits per heavy atom. The van der Waals surface area contributed by atoms with Gasteiger partial charge in [-0.25, -0.2) is 8.42 Å². The van der Waals surface area contributed by atoms with Gasteiger partial charge in [0.15, 0.2) is 0 Å². The Kier molecular flexibility index (Phi) is 6.21. The third-order valence-corrected chi connectivity index (χ3v) is 5.84. The van der Waals surface area contributed by atoms with Crippen LogP contribution in [0.3, 0.4) is 0 Å². The molecule has 2 rings (SSSR count). The van der Waals surface area contributed by atoms with Gasteiger partial charge >= 0.3 is 5.97 Å². The Balaban J connectivity index is 1.99. The van der Waals surface area contributed by atoms with Gasteiger partial charge in [-0.1, -0.05) is 35.4 Å². The second-order valence-corrected chi connectivity index (χ2v) is 8.29. The van der Waals surface area contributed by atoms with Crippen LogP contribution in [0.5, 0.6) is 0 Å². The number of carbonyl (C=O) groups is 1. The number of likely N-dealkylation sites (N-methyl/N-ethyl adjacent to an activating group) is 1. The predicted octanol–water partition coefficient (Wildman–Crippen LogP) is 3.32. The number of halogens is 1. The van der Waals surface area contributed by atoms with Crippen LogP contribution in [0, 0.1) is 13.8 Å². The highest BCUT2D eigenvalue weighted by Gasteiger charge is 2.23. The summed E-state index contributed by atoms with van der Waals surface area (Å²) in [6.45, 7) is 3.63. The van der Waals surface area contributed by atoms with Crippen molar-refractivity contribution in [3.05, 3.63) is 64.2 Å². The summed E-state index contributed by atoms with van der Waals surface area (Å²) in [5, 5.41) is 0.439. The lowest BCUT2D eigenvalue weighted by molar-refractivity contribution is -0.144. The minimum Gasteiger partial charge on any atom is -0.460 e. The maximum Gasteiger partial charge on any atom is 0.321 e. The number of hydrogen-bond donors (Lipinski definition) is 0. The lowest BCUT2D eigenvalue weighted by Gasteiger charge is -2.17. The average molecular weight is 382 g/mol. The monoisotopic (exact) mass is 381 g/mol. The van der Waals surface area contributed by atoms with E-state index in [2.05, 4.69) is 0 Å². The van der Waals surface area contributed by atoms with Crippen LogP contribution in [0.15, 0.2) is 47.4 Å². The van der Waals surface area contributed by atoms with Gasteiger partial charge in [-0.15, -0.1) is 0 Å². The number of carbonyl (C=O) groups excluding carboxylic acids is 1. The molecule has 0 spiro atoms. The molecule has 0 aliphatic carbocycles. The summed E-state index contributed by atoms with van der Waals surface area (Å²) in [4.78, 5) is 12.1. The van der Waals surface area contributed by atoms with Crippen LogP contribution in [-0.2, 0) is 26.2 Å². The van der Waals surface area contributed by atoms with Crippen molar-refractivity contribution < 1.29 is 17.9 Å². The van der Waals surface area contributed by atoms with Crippen LogP contribution in [0.1, 0.15) is 16.7 Å². The Labute approximate surface area is 153 Å². The molecule has 0 unspecified atom stereocenters. The second kappa shape index (κ2) is 7.99. The van der Waals surface area contributed by atoms with E-state index in [9.17, 15) is 13.2 Å². The van der Waals surface area contributed by atoms with Crippen LogP contribution >= 0.6 is 11.6 Å². The number of nitrogens with zero attached hydrogens (tertiary/aromatic N) is 1. The molecule has 0 saturated heterocycles. The van der Waals surface area contributed by atoms with E-state index in [0.717, 1.165) is 21.0 Å². The normalized spacial score (nSPS) is 11.6. The number of hydrogen-bond acceptors (Lipinski definition) is 4. The molecule has 0 aliphatic heterocycles. The van der Waals surface area contributed by atoms with E-state index in [1.165, 1.54) is 31.3 Å². The van der Waals surface area contributed by atoms with Crippen LogP contribution in [0.25, 0.3) is 0 Å². The molecule has 0 N–H and O–H groups in total. The highest BCUT2D eigenvalue weighted by molar-refractivity contribution is 7.89. The molecule has 7 heteroatoms. The van der Waals surface area contributed by atoms with Gasteiger partial charge in [-0.3, -0.25) is 4.79 Å². The van der Waals surface area contributed by atoms with Gasteiger partial charge in [-0.2, -0.15) is 4.31 Å². The summed E-state index contributed by atoms with van der Waals surface area (Å²) in [7, 11) is -2.44. The third-order valence-electron chi connectivity index (χ3n) is 3.77. The highest BCUT2D eigenvalue weighted by Crippen LogP contribution is 2.17. The molecule has 0 saturated carbocycles. The maximum atomic E-state index is 12.4. The summed E-state index contributed by atoms with van der Waals surface area (Å²) < 4.78 is 31.0. The molecule has 25 heavy (non-hydrogen) atoms. The molecule has 0 heterocycles. The van der Waals surface area contributed by atoms with Gasteiger partial charge < -0.3 is 4.74 Å². The molecule has 0 amide bonds. The van der Waals surface area contributed by atoms with E-state index in [0.29, 0.717) is 5.02 Å². The van der Waals surface area contributed by atoms with Crippen LogP contribution < -0.4 is 0 Å². The quantitative estimate of drug-likeness (QED) is 0.720. The number of sulfonamides is 1. The molecule has 2 aromatic carbocycles. The number of esters is 1. The Morgan fingerprint density at radius 1 is 1.12 bits per heavy atom. The van der Waals surface area contributed by atoms with Crippen molar-refractivity contribution >= 4 is 27.6 Å². The Hall–Kier alpha value is -1.89. The first-order valence-corrected chi connectivity index (χ1v) is 9.45. The van der Waals surface area contributed by atoms with Gasteiger partial charge in [0.25, 0.3) is 0 Å². The van der Waals surface area contributed by atoms with Crippen molar-refractivity contribution in [3.8, 4) is 0 Å². The predicted molar refractivity (Wildman–Crippen MR) is 97.0 cm³/mol. The number of ether oxygens (including phenoxy) is 1. The van der Waals surface area contributed by atoms with Crippen LogP contribution in [0.4, 0.5) is 0 Å². The zero-order valence-corrected chi connectivity index (χ0v) is 15.9. The highest BCUT2D eigenvalue weighted by atomic mass is 35.5. The van der Waals surface area contributed by atoms with Gasteiger partial charge in [0.2, 0.25) is 10.0 Å². The van der Waals surface area contributed by atoms with E-state index >= 15 is 0 Å². The maximum absolute atomic E-state index is 12.4. The van der Waals surface area contributed by atoms with Crippen LogP contribution in [-0.4, -0.2) is 32.3 Å². The van der Waals surface area contributed by atoms with E-state index in [1.807, 2.05) is 32.0 Å². The second-order valence-electron chi connectivity index (χ2n) is 5.81. The summed E-state index contributed by atoms with van der Waals surface area (Å²) in [5.74, 6) is -0.610. The van der Waals surface area contributed by atoms with Crippen molar-refractivity contribution in [2.45, 2.75) is 25.3 Å². The molecule has 0 fully saturated rings. The van der Waals surface area contributed by atoms with Crippen molar-refractivity contribution in [1.82, 2.24) is 4.31 Å². The smallest absolute Gasteiger partial charge is 0.321 e. The minimum absolute atomic E-state index is 0.0710. The van der Waals surface area contributed by atoms with Gasteiger partial charge in [0.05, 0.1) is 4.90 Å². The van der Waals surface area contributed by atoms with E-state index in [4.69, 9.17) is 16.3 Å². The van der Waals surface area contributed by atoms with Crippen molar-refractivity contribution in [3.63, 3.8) is 0 Å². The van der Waals surface area contributed by atoms with E-state index in [1.54, 1.807) is 0 Å². The van der Waals surface area contributed by atoms with E-state index < -0.39 is 16.0 Å². The average Bonchev–Trinajstić information content (AvgIpc) is 2.56. The van der Waals surface area contributed by atoms with Gasteiger partial charge in [0, 0.05) is 12.1 Å². The van der Waals surface area contributed by atoms with E-state index in [-0.39, 0.29) is 18.0 Å². The Bertz CT molecular complexity index is 863. The standard InChI is InChI=1S/C18H20ClNO4S/c1-13-4-5-14(2)15(10-13)12-24-18(21)11-20(3)25(22,23)17-8-6-16(19)7-9-17/h4-10H,11-12H2,1-3H3. The summed E-state index contributed by atoms with van der Waals surface area (Å²) >= 11 is 5.77. The van der Waals surface area contributed by atoms with Crippen molar-refractivity contribution in [1.29, 1.82) is 0 Å². The topological polar surface area (TPSA) is 63.7 Å². The zero-order chi connectivity index (χ0) is 18.6. The minimum atomic E-state index is -3.77. The first-order chi connectivity index (χ1) is 11.7. The third kappa shape index (κ3) is 5.04. The Morgan fingerprint density at radius 3 is 2.40 bits per heavy atom. The molecule has 134 valence electrons. The van der Waals surface area contributed by atoms with Crippen molar-refractivity contribution in [2.75, 3.05) is 13.6 Å². The fourth-order valence-corrected chi connectivity index (χ4v) is 3.45. The summed E-state index contributed by atoms with van der Waals surface area (Å²) in [6.07, 6.45) is 0. The molecule has 0 aliphatic rings. The largest absolute Gasteiger partial charge is 0.460 e. The summed E-state index contributed by atoms with van der Waals surface area (Å²) in [6, 6.07) is 11.6. The molecule has 2 aromatic rings. The molecule has 0 bridgehead atoms. The molecule has 0 radical (unpaired) electrons. The number of rotatable bonds is 6. The zero-order valence-electron chi connectivity index (χ0n) is 14.3. The van der Waals surface area contributed by atoms with Gasteiger partial charge in [0.1, 0.15) is 13.2 Å². The molecule has 0 atom stereocenters. The molecular formula is C18H20ClNO4S. The first-order valence-electron chi connectivity index (χ1n) is 7.64. The van der Waals surface area contributed by atoms with Crippen LogP contribution in [0.2, 0.25) is 5.02 Å². The molecule has 5 nitrogen and oxygen atoms in total. The van der Waals surface area contributed by atoms with Gasteiger partial charge in [-0.05, 0) is 49.2 Å². The lowest BCUT2D eigenvalue weighted by atomic mass is 10.1. The SMILES string of the molecule is Cc1ccc(C)c(COC(=O)CN(C)S(=O)(=O)c2ccc(Cl)cc2)c1. The number of aryl methyl sites for hydroxylation is 2. The fourth-order valence-electron chi connectivity index (χ4n) is 2.21. The summed E-state index contributed by atoms with van der Waals surface area (Å²) in [5.41, 5.74) is 2.98. The molecular weight excluding hydrogens is 362 g/mol. The molecule has 0 aromatic heterocycles. The fraction of sp³-hybridized carbons (Fsp3) is 0.278. The first kappa shape index (κ1) is 19.4.